The van der Waals surface area contributed by atoms with Crippen LogP contribution in [0.2, 0.25) is 0 Å². The highest BCUT2D eigenvalue weighted by Crippen LogP contribution is 2.50. The molecule has 0 bridgehead atoms. The normalized spacial score (nSPS) is 13.4. The van der Waals surface area contributed by atoms with Crippen molar-refractivity contribution >= 4 is 83.5 Å². The molecule has 11 aromatic rings. The molecule has 0 amide bonds. The van der Waals surface area contributed by atoms with Crippen LogP contribution in [0.1, 0.15) is 25.0 Å². The van der Waals surface area contributed by atoms with E-state index in [4.69, 9.17) is 0 Å². The average Bonchev–Trinajstić information content (AvgIpc) is 3.64. The van der Waals surface area contributed by atoms with Crippen molar-refractivity contribution in [1.82, 2.24) is 13.7 Å². The lowest BCUT2D eigenvalue weighted by Crippen LogP contribution is -2.27. The Hall–Kier alpha value is -7.47. The molecule has 4 nitrogen and oxygen atoms in total. The summed E-state index contributed by atoms with van der Waals surface area (Å²) in [7, 11) is 0. The lowest BCUT2D eigenvalue weighted by Gasteiger charge is -2.37. The summed E-state index contributed by atoms with van der Waals surface area (Å²) in [6, 6.07) is 76.0. The molecule has 0 aliphatic carbocycles. The van der Waals surface area contributed by atoms with E-state index < -0.39 is 0 Å². The van der Waals surface area contributed by atoms with Crippen LogP contribution in [0.3, 0.4) is 0 Å². The number of rotatable bonds is 4. The molecule has 2 aliphatic rings. The Morgan fingerprint density at radius 2 is 0.919 bits per heavy atom. The molecular weight excluding hydrogens is 773 g/mol. The molecule has 4 heterocycles. The molecule has 0 N–H and O–H groups in total. The van der Waals surface area contributed by atoms with Gasteiger partial charge in [0.1, 0.15) is 0 Å². The summed E-state index contributed by atoms with van der Waals surface area (Å²) in [6.07, 6.45) is 0. The molecule has 0 spiro atoms. The Kier molecular flexibility index (Phi) is 7.55. The summed E-state index contributed by atoms with van der Waals surface area (Å²) in [4.78, 5) is 4.83. The van der Waals surface area contributed by atoms with Crippen LogP contribution in [0.15, 0.2) is 216 Å². The maximum atomic E-state index is 2.59. The molecule has 62 heavy (non-hydrogen) atoms. The quantitative estimate of drug-likeness (QED) is 0.176. The third-order valence-electron chi connectivity index (χ3n) is 13.2. The van der Waals surface area contributed by atoms with Crippen molar-refractivity contribution in [3.05, 3.63) is 217 Å². The van der Waals surface area contributed by atoms with Crippen LogP contribution < -0.4 is 4.90 Å². The molecule has 0 atom stereocenters. The van der Waals surface area contributed by atoms with Gasteiger partial charge in [-0.25, -0.2) is 0 Å². The minimum absolute atomic E-state index is 0.220. The van der Waals surface area contributed by atoms with Crippen LogP contribution in [0.5, 0.6) is 0 Å². The molecule has 13 rings (SSSR count). The second-order valence-corrected chi connectivity index (χ2v) is 18.1. The number of nitrogens with zero attached hydrogens (tertiary/aromatic N) is 4. The first-order chi connectivity index (χ1) is 30.5. The van der Waals surface area contributed by atoms with Gasteiger partial charge in [0.25, 0.3) is 0 Å². The Morgan fingerprint density at radius 1 is 0.371 bits per heavy atom. The van der Waals surface area contributed by atoms with Gasteiger partial charge in [-0.1, -0.05) is 141 Å². The molecule has 2 aromatic heterocycles. The first-order valence-corrected chi connectivity index (χ1v) is 22.2. The van der Waals surface area contributed by atoms with Crippen molar-refractivity contribution in [1.29, 1.82) is 0 Å². The highest BCUT2D eigenvalue weighted by molar-refractivity contribution is 7.99. The molecule has 294 valence electrons. The summed E-state index contributed by atoms with van der Waals surface area (Å²) in [6.45, 7) is 4.78. The zero-order valence-electron chi connectivity index (χ0n) is 34.3. The van der Waals surface area contributed by atoms with Gasteiger partial charge in [-0.15, -0.1) is 0 Å². The van der Waals surface area contributed by atoms with E-state index >= 15 is 0 Å². The van der Waals surface area contributed by atoms with E-state index in [1.807, 2.05) is 11.8 Å². The largest absolute Gasteiger partial charge is 0.311 e. The van der Waals surface area contributed by atoms with Crippen LogP contribution in [0.25, 0.3) is 71.7 Å². The molecule has 0 saturated heterocycles. The SMILES string of the molecule is CC1(C)c2ccccc2-n2c3cc4c(cc3n3c5c(cccc5c5cccc1c52)Sc1ccccc1-3)c1ccccc1n4-c1ccc(N(c2ccccc2)c2ccccc2)cc1. The molecule has 0 unspecified atom stereocenters. The van der Waals surface area contributed by atoms with Gasteiger partial charge in [0.05, 0.1) is 44.5 Å². The van der Waals surface area contributed by atoms with Gasteiger partial charge in [0.15, 0.2) is 0 Å². The van der Waals surface area contributed by atoms with E-state index in [9.17, 15) is 0 Å². The highest BCUT2D eigenvalue weighted by atomic mass is 32.2. The van der Waals surface area contributed by atoms with Crippen molar-refractivity contribution < 1.29 is 0 Å². The Bertz CT molecular complexity index is 3650. The van der Waals surface area contributed by atoms with Crippen molar-refractivity contribution in [2.75, 3.05) is 4.90 Å². The van der Waals surface area contributed by atoms with Crippen LogP contribution in [0, 0.1) is 0 Å². The zero-order chi connectivity index (χ0) is 41.1. The smallest absolute Gasteiger partial charge is 0.0724 e. The highest BCUT2D eigenvalue weighted by Gasteiger charge is 2.35. The van der Waals surface area contributed by atoms with Gasteiger partial charge in [0, 0.05) is 59.5 Å². The fraction of sp³-hybridized carbons (Fsp3) is 0.0526. The summed E-state index contributed by atoms with van der Waals surface area (Å²) >= 11 is 1.87. The van der Waals surface area contributed by atoms with Gasteiger partial charge < -0.3 is 18.6 Å². The Balaban J connectivity index is 1.19. The molecule has 5 heteroatoms. The van der Waals surface area contributed by atoms with Gasteiger partial charge in [-0.3, -0.25) is 0 Å². The number of hydrogen-bond donors (Lipinski definition) is 0. The van der Waals surface area contributed by atoms with Crippen molar-refractivity contribution in [3.63, 3.8) is 0 Å². The summed E-state index contributed by atoms with van der Waals surface area (Å²) in [5.41, 5.74) is 16.4. The standard InChI is InChI=1S/C57H40N4S/c1-57(2)45-24-10-12-27-48(45)60-52-36-50-44(35-51(52)61-49-28-13-14-29-53(49)62-54-30-16-23-43(56(54)61)42-22-15-25-46(57)55(42)60)41-21-9-11-26-47(41)59(50)40-33-31-39(32-34-40)58(37-17-5-3-6-18-37)38-19-7-4-8-20-38/h3-36H,1-2H3. The topological polar surface area (TPSA) is 18.0 Å². The first kappa shape index (κ1) is 35.3. The van der Waals surface area contributed by atoms with E-state index in [1.54, 1.807) is 0 Å². The van der Waals surface area contributed by atoms with Gasteiger partial charge in [0.2, 0.25) is 0 Å². The third-order valence-corrected chi connectivity index (χ3v) is 14.4. The average molecular weight is 813 g/mol. The van der Waals surface area contributed by atoms with Crippen molar-refractivity contribution in [2.24, 2.45) is 0 Å². The maximum Gasteiger partial charge on any atom is 0.0724 e. The summed E-state index contributed by atoms with van der Waals surface area (Å²) in [5, 5.41) is 4.93. The molecule has 9 aromatic carbocycles. The molecular formula is C57H40N4S. The van der Waals surface area contributed by atoms with Gasteiger partial charge >= 0.3 is 0 Å². The molecule has 0 fully saturated rings. The molecule has 2 aliphatic heterocycles. The van der Waals surface area contributed by atoms with Crippen LogP contribution in [0.4, 0.5) is 17.1 Å². The minimum Gasteiger partial charge on any atom is -0.311 e. The zero-order valence-corrected chi connectivity index (χ0v) is 35.1. The Morgan fingerprint density at radius 3 is 1.69 bits per heavy atom. The van der Waals surface area contributed by atoms with Gasteiger partial charge in [-0.2, -0.15) is 0 Å². The van der Waals surface area contributed by atoms with E-state index in [0.717, 1.165) is 39.3 Å². The van der Waals surface area contributed by atoms with E-state index in [0.29, 0.717) is 0 Å². The van der Waals surface area contributed by atoms with Crippen LogP contribution in [-0.4, -0.2) is 13.7 Å². The van der Waals surface area contributed by atoms with Crippen LogP contribution >= 0.6 is 11.8 Å². The molecule has 0 radical (unpaired) electrons. The second-order valence-electron chi connectivity index (χ2n) is 17.0. The predicted octanol–water partition coefficient (Wildman–Crippen LogP) is 15.5. The van der Waals surface area contributed by atoms with Crippen molar-refractivity contribution in [3.8, 4) is 17.1 Å². The number of hydrogen-bond acceptors (Lipinski definition) is 2. The first-order valence-electron chi connectivity index (χ1n) is 21.4. The third kappa shape index (κ3) is 4.97. The van der Waals surface area contributed by atoms with Crippen LogP contribution in [-0.2, 0) is 5.41 Å². The maximum absolute atomic E-state index is 2.59. The lowest BCUT2D eigenvalue weighted by molar-refractivity contribution is 0.629. The lowest BCUT2D eigenvalue weighted by atomic mass is 9.74. The van der Waals surface area contributed by atoms with Gasteiger partial charge in [-0.05, 0) is 102 Å². The molecule has 0 saturated carbocycles. The summed E-state index contributed by atoms with van der Waals surface area (Å²) in [5.74, 6) is 0. The predicted molar refractivity (Wildman–Crippen MR) is 261 cm³/mol. The van der Waals surface area contributed by atoms with E-state index in [-0.39, 0.29) is 5.41 Å². The number of fused-ring (bicyclic) bond motifs is 11. The number of anilines is 3. The summed E-state index contributed by atoms with van der Waals surface area (Å²) < 4.78 is 7.61. The monoisotopic (exact) mass is 812 g/mol. The number of para-hydroxylation sites is 7. The minimum atomic E-state index is -0.220. The number of aromatic nitrogens is 3. The van der Waals surface area contributed by atoms with E-state index in [2.05, 4.69) is 239 Å². The second kappa shape index (κ2) is 13.3. The Labute approximate surface area is 363 Å². The number of benzene rings is 9. The van der Waals surface area contributed by atoms with E-state index in [1.165, 1.54) is 70.4 Å². The fourth-order valence-electron chi connectivity index (χ4n) is 10.5. The van der Waals surface area contributed by atoms with Crippen molar-refractivity contribution in [2.45, 2.75) is 29.1 Å². The fourth-order valence-corrected chi connectivity index (χ4v) is 11.6.